The standard InChI is InChI=1S/C23H20FN5O3/c1-14-12-15(2)29(28-14)21-10-11-22(27-26-21)32-18-7-5-17(6-8-18)25-23(30)16-4-9-20(31-3)19(24)13-16/h4-13H,1-3H3,(H,25,30). The van der Waals surface area contributed by atoms with E-state index in [1.807, 2.05) is 19.9 Å². The van der Waals surface area contributed by atoms with E-state index >= 15 is 0 Å². The highest BCUT2D eigenvalue weighted by Gasteiger charge is 2.11. The van der Waals surface area contributed by atoms with E-state index in [9.17, 15) is 9.18 Å². The summed E-state index contributed by atoms with van der Waals surface area (Å²) in [5.74, 6) is 0.470. The van der Waals surface area contributed by atoms with Gasteiger partial charge in [-0.2, -0.15) is 5.10 Å². The van der Waals surface area contributed by atoms with Crippen molar-refractivity contribution in [3.63, 3.8) is 0 Å². The Morgan fingerprint density at radius 1 is 1.00 bits per heavy atom. The van der Waals surface area contributed by atoms with E-state index in [1.165, 1.54) is 19.2 Å². The van der Waals surface area contributed by atoms with Crippen LogP contribution in [0.3, 0.4) is 0 Å². The van der Waals surface area contributed by atoms with Crippen LogP contribution in [-0.2, 0) is 0 Å². The minimum absolute atomic E-state index is 0.0778. The van der Waals surface area contributed by atoms with Gasteiger partial charge in [0.2, 0.25) is 5.88 Å². The number of nitrogens with one attached hydrogen (secondary N) is 1. The number of nitrogens with zero attached hydrogens (tertiary/aromatic N) is 4. The molecule has 32 heavy (non-hydrogen) atoms. The van der Waals surface area contributed by atoms with Gasteiger partial charge in [0.15, 0.2) is 17.4 Å². The molecule has 0 spiro atoms. The lowest BCUT2D eigenvalue weighted by molar-refractivity contribution is 0.102. The van der Waals surface area contributed by atoms with Crippen molar-refractivity contribution >= 4 is 11.6 Å². The van der Waals surface area contributed by atoms with Gasteiger partial charge in [0, 0.05) is 23.0 Å². The molecule has 0 saturated heterocycles. The Labute approximate surface area is 183 Å². The molecule has 2 heterocycles. The molecule has 1 N–H and O–H groups in total. The van der Waals surface area contributed by atoms with E-state index < -0.39 is 11.7 Å². The fourth-order valence-corrected chi connectivity index (χ4v) is 3.08. The van der Waals surface area contributed by atoms with Crippen LogP contribution in [0.4, 0.5) is 10.1 Å². The maximum absolute atomic E-state index is 13.8. The zero-order chi connectivity index (χ0) is 22.7. The van der Waals surface area contributed by atoms with Gasteiger partial charge in [-0.3, -0.25) is 4.79 Å². The number of halogens is 1. The number of carbonyl (C=O) groups is 1. The number of benzene rings is 2. The van der Waals surface area contributed by atoms with E-state index in [1.54, 1.807) is 41.1 Å². The molecule has 1 amide bonds. The number of methoxy groups -OCH3 is 1. The number of aromatic nitrogens is 4. The molecule has 0 atom stereocenters. The number of amides is 1. The Balaban J connectivity index is 1.40. The van der Waals surface area contributed by atoms with Crippen molar-refractivity contribution in [1.82, 2.24) is 20.0 Å². The highest BCUT2D eigenvalue weighted by Crippen LogP contribution is 2.23. The summed E-state index contributed by atoms with van der Waals surface area (Å²) in [6.45, 7) is 3.85. The number of rotatable bonds is 6. The Kier molecular flexibility index (Phi) is 5.80. The van der Waals surface area contributed by atoms with Crippen LogP contribution < -0.4 is 14.8 Å². The molecule has 0 saturated carbocycles. The molecule has 0 aliphatic heterocycles. The van der Waals surface area contributed by atoms with Gasteiger partial charge in [-0.05, 0) is 68.4 Å². The molecule has 0 fully saturated rings. The highest BCUT2D eigenvalue weighted by atomic mass is 19.1. The summed E-state index contributed by atoms with van der Waals surface area (Å²) in [7, 11) is 1.36. The average molecular weight is 433 g/mol. The number of carbonyl (C=O) groups excluding carboxylic acids is 1. The van der Waals surface area contributed by atoms with Gasteiger partial charge in [-0.1, -0.05) is 0 Å². The van der Waals surface area contributed by atoms with Crippen LogP contribution in [0, 0.1) is 19.7 Å². The van der Waals surface area contributed by atoms with Crippen LogP contribution in [-0.4, -0.2) is 33.0 Å². The molecular weight excluding hydrogens is 413 g/mol. The SMILES string of the molecule is COc1ccc(C(=O)Nc2ccc(Oc3ccc(-n4nc(C)cc4C)nn3)cc2)cc1F. The highest BCUT2D eigenvalue weighted by molar-refractivity contribution is 6.04. The Morgan fingerprint density at radius 2 is 1.78 bits per heavy atom. The van der Waals surface area contributed by atoms with Gasteiger partial charge in [0.25, 0.3) is 5.91 Å². The lowest BCUT2D eigenvalue weighted by Gasteiger charge is -2.09. The van der Waals surface area contributed by atoms with Gasteiger partial charge in [-0.15, -0.1) is 10.2 Å². The van der Waals surface area contributed by atoms with E-state index in [2.05, 4.69) is 20.6 Å². The lowest BCUT2D eigenvalue weighted by Crippen LogP contribution is -2.12. The molecule has 2 aromatic heterocycles. The number of hydrogen-bond acceptors (Lipinski definition) is 6. The predicted octanol–water partition coefficient (Wildman–Crippen LogP) is 4.47. The van der Waals surface area contributed by atoms with Gasteiger partial charge in [-0.25, -0.2) is 9.07 Å². The summed E-state index contributed by atoms with van der Waals surface area (Å²) in [6, 6.07) is 16.2. The summed E-state index contributed by atoms with van der Waals surface area (Å²) in [5, 5.41) is 15.3. The predicted molar refractivity (Wildman–Crippen MR) is 116 cm³/mol. The molecule has 0 aliphatic carbocycles. The smallest absolute Gasteiger partial charge is 0.255 e. The second kappa shape index (κ2) is 8.84. The topological polar surface area (TPSA) is 91.2 Å². The molecule has 9 heteroatoms. The lowest BCUT2D eigenvalue weighted by atomic mass is 10.2. The normalized spacial score (nSPS) is 10.6. The minimum Gasteiger partial charge on any atom is -0.494 e. The molecule has 8 nitrogen and oxygen atoms in total. The molecule has 0 aliphatic rings. The molecule has 0 bridgehead atoms. The molecule has 0 unspecified atom stereocenters. The minimum atomic E-state index is -0.603. The zero-order valence-electron chi connectivity index (χ0n) is 17.7. The first-order chi connectivity index (χ1) is 15.4. The zero-order valence-corrected chi connectivity index (χ0v) is 17.7. The maximum atomic E-state index is 13.8. The van der Waals surface area contributed by atoms with E-state index in [0.717, 1.165) is 17.5 Å². The van der Waals surface area contributed by atoms with Crippen molar-refractivity contribution in [2.24, 2.45) is 0 Å². The molecule has 2 aromatic carbocycles. The second-order valence-electron chi connectivity index (χ2n) is 7.00. The van der Waals surface area contributed by atoms with Gasteiger partial charge >= 0.3 is 0 Å². The van der Waals surface area contributed by atoms with Crippen LogP contribution in [0.5, 0.6) is 17.4 Å². The Bertz CT molecular complexity index is 1250. The van der Waals surface area contributed by atoms with Gasteiger partial charge in [0.1, 0.15) is 5.75 Å². The number of hydrogen-bond donors (Lipinski definition) is 1. The number of ether oxygens (including phenoxy) is 2. The van der Waals surface area contributed by atoms with E-state index in [-0.39, 0.29) is 11.3 Å². The van der Waals surface area contributed by atoms with E-state index in [4.69, 9.17) is 9.47 Å². The number of aryl methyl sites for hydroxylation is 2. The van der Waals surface area contributed by atoms with Crippen molar-refractivity contribution in [3.8, 4) is 23.2 Å². The fraction of sp³-hybridized carbons (Fsp3) is 0.130. The summed E-state index contributed by atoms with van der Waals surface area (Å²) < 4.78 is 26.1. The third kappa shape index (κ3) is 4.56. The van der Waals surface area contributed by atoms with Crippen LogP contribution in [0.2, 0.25) is 0 Å². The third-order valence-corrected chi connectivity index (χ3v) is 4.60. The van der Waals surface area contributed by atoms with Gasteiger partial charge < -0.3 is 14.8 Å². The van der Waals surface area contributed by atoms with Gasteiger partial charge in [0.05, 0.1) is 12.8 Å². The average Bonchev–Trinajstić information content (AvgIpc) is 3.13. The van der Waals surface area contributed by atoms with Crippen LogP contribution >= 0.6 is 0 Å². The van der Waals surface area contributed by atoms with Crippen molar-refractivity contribution in [3.05, 3.63) is 83.4 Å². The van der Waals surface area contributed by atoms with Crippen molar-refractivity contribution < 1.29 is 18.7 Å². The molecular formula is C23H20FN5O3. The first-order valence-electron chi connectivity index (χ1n) is 9.73. The quantitative estimate of drug-likeness (QED) is 0.482. The molecule has 4 rings (SSSR count). The molecule has 162 valence electrons. The van der Waals surface area contributed by atoms with E-state index in [0.29, 0.717) is 23.1 Å². The van der Waals surface area contributed by atoms with Crippen molar-refractivity contribution in [2.45, 2.75) is 13.8 Å². The Hall–Kier alpha value is -4.27. The summed E-state index contributed by atoms with van der Waals surface area (Å²) in [4.78, 5) is 12.3. The fourth-order valence-electron chi connectivity index (χ4n) is 3.08. The van der Waals surface area contributed by atoms with Crippen LogP contribution in [0.15, 0.2) is 60.7 Å². The maximum Gasteiger partial charge on any atom is 0.255 e. The number of anilines is 1. The first-order valence-corrected chi connectivity index (χ1v) is 9.73. The first kappa shape index (κ1) is 21.0. The van der Waals surface area contributed by atoms with Crippen LogP contribution in [0.25, 0.3) is 5.82 Å². The summed E-state index contributed by atoms with van der Waals surface area (Å²) in [6.07, 6.45) is 0. The monoisotopic (exact) mass is 433 g/mol. The largest absolute Gasteiger partial charge is 0.494 e. The molecule has 0 radical (unpaired) electrons. The summed E-state index contributed by atoms with van der Waals surface area (Å²) >= 11 is 0. The second-order valence-corrected chi connectivity index (χ2v) is 7.00. The van der Waals surface area contributed by atoms with Crippen molar-refractivity contribution in [2.75, 3.05) is 12.4 Å². The van der Waals surface area contributed by atoms with Crippen molar-refractivity contribution in [1.29, 1.82) is 0 Å². The molecule has 4 aromatic rings. The third-order valence-electron chi connectivity index (χ3n) is 4.60. The van der Waals surface area contributed by atoms with Crippen LogP contribution in [0.1, 0.15) is 21.7 Å². The Morgan fingerprint density at radius 3 is 2.38 bits per heavy atom. The summed E-state index contributed by atoms with van der Waals surface area (Å²) in [5.41, 5.74) is 2.57.